The monoisotopic (exact) mass is 598 g/mol. The van der Waals surface area contributed by atoms with Crippen molar-refractivity contribution in [1.29, 1.82) is 0 Å². The van der Waals surface area contributed by atoms with Crippen molar-refractivity contribution in [3.8, 4) is 0 Å². The van der Waals surface area contributed by atoms with E-state index in [-0.39, 0.29) is 17.7 Å². The molecule has 0 atom stereocenters. The molecule has 1 saturated carbocycles. The Labute approximate surface area is 256 Å². The van der Waals surface area contributed by atoms with Crippen LogP contribution < -0.4 is 16.0 Å². The second kappa shape index (κ2) is 13.2. The van der Waals surface area contributed by atoms with Gasteiger partial charge in [-0.1, -0.05) is 55.1 Å². The fourth-order valence-corrected chi connectivity index (χ4v) is 5.10. The normalized spacial score (nSPS) is 16.2. The first-order valence-corrected chi connectivity index (χ1v) is 14.7. The number of nitrogens with zero attached hydrogens (tertiary/aromatic N) is 3. The molecule has 9 nitrogen and oxygen atoms in total. The number of carbonyl (C=O) groups is 2. The number of aliphatic hydroxyl groups is 1. The number of amides is 2. The highest BCUT2D eigenvalue weighted by Gasteiger charge is 2.34. The van der Waals surface area contributed by atoms with Crippen molar-refractivity contribution >= 4 is 52.2 Å². The van der Waals surface area contributed by atoms with E-state index in [4.69, 9.17) is 11.6 Å². The smallest absolute Gasteiger partial charge is 0.253 e. The van der Waals surface area contributed by atoms with Gasteiger partial charge in [-0.15, -0.1) is 0 Å². The predicted molar refractivity (Wildman–Crippen MR) is 171 cm³/mol. The number of rotatable bonds is 11. The van der Waals surface area contributed by atoms with Crippen molar-refractivity contribution in [2.75, 3.05) is 29.0 Å². The maximum absolute atomic E-state index is 13.2. The number of benzene rings is 2. The number of likely N-dealkylation sites (tertiary alicyclic amines) is 1. The molecule has 3 aromatic rings. The van der Waals surface area contributed by atoms with Gasteiger partial charge in [-0.25, -0.2) is 4.98 Å². The quantitative estimate of drug-likeness (QED) is 0.183. The summed E-state index contributed by atoms with van der Waals surface area (Å²) < 4.78 is 0. The minimum atomic E-state index is -0.869. The Morgan fingerprint density at radius 1 is 1.05 bits per heavy atom. The van der Waals surface area contributed by atoms with Crippen LogP contribution >= 0.6 is 11.6 Å². The van der Waals surface area contributed by atoms with Gasteiger partial charge in [-0.05, 0) is 67.7 Å². The highest BCUT2D eigenvalue weighted by molar-refractivity contribution is 6.33. The molecule has 2 fully saturated rings. The highest BCUT2D eigenvalue weighted by atomic mass is 35.5. The number of para-hydroxylation sites is 2. The first kappa shape index (κ1) is 30.0. The number of aromatic nitrogens is 2. The number of piperidine rings is 1. The molecule has 0 unspecified atom stereocenters. The van der Waals surface area contributed by atoms with E-state index in [0.717, 1.165) is 18.4 Å². The second-order valence-electron chi connectivity index (χ2n) is 10.9. The number of nitrogens with one attached hydrogen (secondary N) is 3. The van der Waals surface area contributed by atoms with Gasteiger partial charge in [0.2, 0.25) is 11.9 Å². The lowest BCUT2D eigenvalue weighted by molar-refractivity contribution is -0.117. The van der Waals surface area contributed by atoms with Gasteiger partial charge in [-0.3, -0.25) is 9.59 Å². The van der Waals surface area contributed by atoms with E-state index in [0.29, 0.717) is 71.8 Å². The lowest BCUT2D eigenvalue weighted by atomic mass is 9.85. The van der Waals surface area contributed by atoms with Gasteiger partial charge in [0.25, 0.3) is 5.91 Å². The zero-order chi connectivity index (χ0) is 30.4. The molecular weight excluding hydrogens is 564 g/mol. The van der Waals surface area contributed by atoms with Crippen molar-refractivity contribution in [1.82, 2.24) is 14.9 Å². The summed E-state index contributed by atoms with van der Waals surface area (Å²) in [7, 11) is 0. The Kier molecular flexibility index (Phi) is 9.23. The minimum absolute atomic E-state index is 0.00731. The maximum Gasteiger partial charge on any atom is 0.253 e. The molecule has 2 amide bonds. The van der Waals surface area contributed by atoms with E-state index in [1.807, 2.05) is 30.3 Å². The van der Waals surface area contributed by atoms with Gasteiger partial charge in [0, 0.05) is 36.7 Å². The Morgan fingerprint density at radius 3 is 2.40 bits per heavy atom. The number of hydrogen-bond acceptors (Lipinski definition) is 7. The molecule has 1 aromatic heterocycles. The third-order valence-electron chi connectivity index (χ3n) is 7.63. The standard InChI is InChI=1S/C33H35ClN6O3/c1-3-7-22(4-2)20-33(43)16-18-40(19-17-33)31(42)24-12-14-25(15-13-24)36-32-35-21-26(34)29(39-32)37-27-8-5-6-9-28(27)38-30(41)23-10-11-23/h3-9,12-15,21,23,43H,1-2,10-11,16-20H2,(H,38,41)(H2,35,36,37,39)/b22-7+. The predicted octanol–water partition coefficient (Wildman–Crippen LogP) is 6.62. The largest absolute Gasteiger partial charge is 0.389 e. The average molecular weight is 599 g/mol. The van der Waals surface area contributed by atoms with Gasteiger partial charge < -0.3 is 26.0 Å². The summed E-state index contributed by atoms with van der Waals surface area (Å²) in [6.45, 7) is 8.46. The fourth-order valence-electron chi connectivity index (χ4n) is 4.97. The number of anilines is 5. The third-order valence-corrected chi connectivity index (χ3v) is 7.90. The molecule has 1 aliphatic carbocycles. The SMILES string of the molecule is C=C/C=C(\C=C)CC1(O)CCN(C(=O)c2ccc(Nc3ncc(Cl)c(Nc4ccccc4NC(=O)C4CC4)n3)cc2)CC1. The van der Waals surface area contributed by atoms with Crippen molar-refractivity contribution in [2.45, 2.75) is 37.7 Å². The van der Waals surface area contributed by atoms with Crippen LogP contribution in [0.2, 0.25) is 5.02 Å². The molecule has 43 heavy (non-hydrogen) atoms. The Balaban J connectivity index is 1.20. The summed E-state index contributed by atoms with van der Waals surface area (Å²) in [5.74, 6) is 0.692. The molecule has 2 aliphatic rings. The van der Waals surface area contributed by atoms with Crippen LogP contribution in [0, 0.1) is 5.92 Å². The van der Waals surface area contributed by atoms with Gasteiger partial charge in [0.05, 0.1) is 23.2 Å². The van der Waals surface area contributed by atoms with Gasteiger partial charge in [0.1, 0.15) is 5.02 Å². The zero-order valence-corrected chi connectivity index (χ0v) is 24.6. The van der Waals surface area contributed by atoms with Crippen molar-refractivity contribution in [3.63, 3.8) is 0 Å². The van der Waals surface area contributed by atoms with Gasteiger partial charge in [0.15, 0.2) is 5.82 Å². The van der Waals surface area contributed by atoms with E-state index < -0.39 is 5.60 Å². The lowest BCUT2D eigenvalue weighted by Gasteiger charge is -2.38. The molecular formula is C33H35ClN6O3. The van der Waals surface area contributed by atoms with E-state index in [1.54, 1.807) is 41.3 Å². The van der Waals surface area contributed by atoms with Crippen LogP contribution in [0.4, 0.5) is 28.8 Å². The molecule has 1 aliphatic heterocycles. The van der Waals surface area contributed by atoms with Crippen LogP contribution in [-0.4, -0.2) is 50.5 Å². The van der Waals surface area contributed by atoms with Crippen LogP contribution in [-0.2, 0) is 4.79 Å². The second-order valence-corrected chi connectivity index (χ2v) is 11.3. The molecule has 0 bridgehead atoms. The summed E-state index contributed by atoms with van der Waals surface area (Å²) in [4.78, 5) is 36.0. The molecule has 2 aromatic carbocycles. The van der Waals surface area contributed by atoms with Crippen LogP contribution in [0.15, 0.2) is 91.7 Å². The fraction of sp³-hybridized carbons (Fsp3) is 0.273. The lowest BCUT2D eigenvalue weighted by Crippen LogP contribution is -2.46. The van der Waals surface area contributed by atoms with Crippen LogP contribution in [0.25, 0.3) is 0 Å². The van der Waals surface area contributed by atoms with Crippen LogP contribution in [0.5, 0.6) is 0 Å². The van der Waals surface area contributed by atoms with Gasteiger partial charge in [-0.2, -0.15) is 4.98 Å². The van der Waals surface area contributed by atoms with Crippen molar-refractivity contribution in [2.24, 2.45) is 5.92 Å². The van der Waals surface area contributed by atoms with E-state index >= 15 is 0 Å². The van der Waals surface area contributed by atoms with E-state index in [2.05, 4.69) is 39.1 Å². The molecule has 1 saturated heterocycles. The Hall–Kier alpha value is -4.47. The van der Waals surface area contributed by atoms with Crippen LogP contribution in [0.3, 0.4) is 0 Å². The molecule has 10 heteroatoms. The summed E-state index contributed by atoms with van der Waals surface area (Å²) in [6, 6.07) is 14.5. The molecule has 0 radical (unpaired) electrons. The van der Waals surface area contributed by atoms with E-state index in [1.165, 1.54) is 6.20 Å². The van der Waals surface area contributed by atoms with Crippen LogP contribution in [0.1, 0.15) is 42.5 Å². The molecule has 5 rings (SSSR count). The Morgan fingerprint density at radius 2 is 1.74 bits per heavy atom. The zero-order valence-electron chi connectivity index (χ0n) is 23.9. The van der Waals surface area contributed by atoms with Gasteiger partial charge >= 0.3 is 0 Å². The average Bonchev–Trinajstić information content (AvgIpc) is 3.86. The topological polar surface area (TPSA) is 119 Å². The van der Waals surface area contributed by atoms with E-state index in [9.17, 15) is 14.7 Å². The number of halogens is 1. The first-order valence-electron chi connectivity index (χ1n) is 14.3. The van der Waals surface area contributed by atoms with Crippen molar-refractivity contribution in [3.05, 3.63) is 102 Å². The molecule has 2 heterocycles. The molecule has 222 valence electrons. The molecule has 0 spiro atoms. The minimum Gasteiger partial charge on any atom is -0.389 e. The molecule has 4 N–H and O–H groups in total. The maximum atomic E-state index is 13.2. The summed E-state index contributed by atoms with van der Waals surface area (Å²) in [5, 5.41) is 20.7. The number of carbonyl (C=O) groups excluding carboxylic acids is 2. The summed E-state index contributed by atoms with van der Waals surface area (Å²) >= 11 is 6.39. The van der Waals surface area contributed by atoms with Crippen molar-refractivity contribution < 1.29 is 14.7 Å². The highest BCUT2D eigenvalue weighted by Crippen LogP contribution is 2.34. The summed E-state index contributed by atoms with van der Waals surface area (Å²) in [6.07, 6.45) is 10.0. The number of hydrogen-bond donors (Lipinski definition) is 4. The Bertz CT molecular complexity index is 1540. The third kappa shape index (κ3) is 7.68. The summed E-state index contributed by atoms with van der Waals surface area (Å²) in [5.41, 5.74) is 2.62. The number of allylic oxidation sites excluding steroid dienone is 3. The first-order chi connectivity index (χ1) is 20.8.